The third-order valence-electron chi connectivity index (χ3n) is 1.39. The third kappa shape index (κ3) is 1.71. The molecule has 0 aliphatic carbocycles. The highest BCUT2D eigenvalue weighted by molar-refractivity contribution is 6.36. The summed E-state index contributed by atoms with van der Waals surface area (Å²) in [6.45, 7) is 1.30. The second-order valence-electron chi connectivity index (χ2n) is 2.32. The van der Waals surface area contributed by atoms with E-state index in [0.717, 1.165) is 0 Å². The summed E-state index contributed by atoms with van der Waals surface area (Å²) in [7, 11) is 0. The number of benzene rings is 1. The molecular weight excluding hydrogens is 199 g/mol. The van der Waals surface area contributed by atoms with Crippen molar-refractivity contribution in [2.75, 3.05) is 0 Å². The minimum Gasteiger partial charge on any atom is -0.294 e. The van der Waals surface area contributed by atoms with Crippen molar-refractivity contribution in [3.8, 4) is 5.75 Å². The van der Waals surface area contributed by atoms with Crippen LogP contribution in [0.4, 0.5) is 0 Å². The lowest BCUT2D eigenvalue weighted by Gasteiger charge is -1.99. The van der Waals surface area contributed by atoms with E-state index < -0.39 is 5.75 Å². The summed E-state index contributed by atoms with van der Waals surface area (Å²) >= 11 is 11.1. The van der Waals surface area contributed by atoms with Crippen molar-refractivity contribution in [1.29, 1.82) is 0 Å². The molecule has 0 spiro atoms. The van der Waals surface area contributed by atoms with E-state index in [4.69, 9.17) is 23.2 Å². The second kappa shape index (κ2) is 3.33. The molecule has 1 aromatic rings. The van der Waals surface area contributed by atoms with Crippen LogP contribution in [0.1, 0.15) is 17.3 Å². The van der Waals surface area contributed by atoms with Gasteiger partial charge in [0.15, 0.2) is 5.78 Å². The average Bonchev–Trinajstić information content (AvgIpc) is 1.96. The molecule has 0 N–H and O–H groups in total. The zero-order valence-electron chi connectivity index (χ0n) is 6.23. The van der Waals surface area contributed by atoms with E-state index in [-0.39, 0.29) is 16.4 Å². The zero-order valence-corrected chi connectivity index (χ0v) is 7.74. The first kappa shape index (κ1) is 9.36. The summed E-state index contributed by atoms with van der Waals surface area (Å²) < 4.78 is 0. The molecular formula is C8H5Cl2O2. The van der Waals surface area contributed by atoms with Gasteiger partial charge >= 0.3 is 0 Å². The van der Waals surface area contributed by atoms with Crippen LogP contribution in [0.3, 0.4) is 0 Å². The van der Waals surface area contributed by atoms with Crippen LogP contribution in [-0.4, -0.2) is 5.78 Å². The largest absolute Gasteiger partial charge is 0.294 e. The molecule has 63 valence electrons. The number of hydrogen-bond acceptors (Lipinski definition) is 1. The summed E-state index contributed by atoms with van der Waals surface area (Å²) in [6.07, 6.45) is 0. The van der Waals surface area contributed by atoms with Crippen molar-refractivity contribution in [3.63, 3.8) is 0 Å². The molecule has 1 aromatic carbocycles. The first-order valence-electron chi connectivity index (χ1n) is 3.19. The average molecular weight is 204 g/mol. The molecule has 1 radical (unpaired) electrons. The van der Waals surface area contributed by atoms with Crippen LogP contribution in [0, 0.1) is 0 Å². The third-order valence-corrected chi connectivity index (χ3v) is 1.89. The molecule has 0 atom stereocenters. The van der Waals surface area contributed by atoms with Gasteiger partial charge in [0, 0.05) is 5.02 Å². The molecule has 0 saturated heterocycles. The Labute approximate surface area is 79.7 Å². The highest BCUT2D eigenvalue weighted by Crippen LogP contribution is 2.31. The van der Waals surface area contributed by atoms with Gasteiger partial charge < -0.3 is 0 Å². The number of carbonyl (C=O) groups excluding carboxylic acids is 1. The minimum atomic E-state index is -0.464. The number of carbonyl (C=O) groups is 1. The van der Waals surface area contributed by atoms with Crippen molar-refractivity contribution in [2.45, 2.75) is 6.92 Å². The molecule has 12 heavy (non-hydrogen) atoms. The van der Waals surface area contributed by atoms with Crippen LogP contribution in [0.2, 0.25) is 10.0 Å². The number of halogens is 2. The van der Waals surface area contributed by atoms with E-state index >= 15 is 0 Å². The molecule has 0 heterocycles. The van der Waals surface area contributed by atoms with E-state index in [9.17, 15) is 9.90 Å². The van der Waals surface area contributed by atoms with Gasteiger partial charge in [-0.2, -0.15) is 0 Å². The molecule has 0 aromatic heterocycles. The molecule has 0 fully saturated rings. The molecule has 0 unspecified atom stereocenters. The Balaban J connectivity index is 3.37. The van der Waals surface area contributed by atoms with Crippen molar-refractivity contribution in [1.82, 2.24) is 0 Å². The van der Waals surface area contributed by atoms with Gasteiger partial charge in [0.1, 0.15) is 0 Å². The van der Waals surface area contributed by atoms with Crippen molar-refractivity contribution in [3.05, 3.63) is 27.7 Å². The standard InChI is InChI=1S/C8H5Cl2O2/c1-4(11)6-2-5(9)3-7(10)8(6)12/h2-3H,1H3. The fourth-order valence-corrected chi connectivity index (χ4v) is 1.32. The Hall–Kier alpha value is -0.730. The van der Waals surface area contributed by atoms with E-state index in [1.165, 1.54) is 19.1 Å². The highest BCUT2D eigenvalue weighted by Gasteiger charge is 2.12. The molecule has 0 bridgehead atoms. The first-order chi connectivity index (χ1) is 5.52. The van der Waals surface area contributed by atoms with Gasteiger partial charge in [-0.1, -0.05) is 23.2 Å². The molecule has 4 heteroatoms. The Kier molecular flexibility index (Phi) is 2.60. The van der Waals surface area contributed by atoms with Gasteiger partial charge in [0.2, 0.25) is 5.75 Å². The Bertz CT molecular complexity index is 334. The van der Waals surface area contributed by atoms with E-state index in [1.54, 1.807) is 0 Å². The highest BCUT2D eigenvalue weighted by atomic mass is 35.5. The van der Waals surface area contributed by atoms with Crippen LogP contribution in [0.5, 0.6) is 5.75 Å². The van der Waals surface area contributed by atoms with Crippen LogP contribution in [0.25, 0.3) is 0 Å². The fraction of sp³-hybridized carbons (Fsp3) is 0.125. The maximum absolute atomic E-state index is 11.2. The number of Topliss-reactive ketones (excluding diaryl/α,β-unsaturated/α-hetero) is 1. The quantitative estimate of drug-likeness (QED) is 0.646. The SMILES string of the molecule is CC(=O)c1cc(Cl)cc(Cl)c1[O]. The van der Waals surface area contributed by atoms with Crippen molar-refractivity contribution in [2.24, 2.45) is 0 Å². The summed E-state index contributed by atoms with van der Waals surface area (Å²) in [5.74, 6) is -0.794. The van der Waals surface area contributed by atoms with Gasteiger partial charge in [-0.25, -0.2) is 0 Å². The Morgan fingerprint density at radius 3 is 2.42 bits per heavy atom. The molecule has 0 aliphatic heterocycles. The molecule has 2 nitrogen and oxygen atoms in total. The topological polar surface area (TPSA) is 37.0 Å². The fourth-order valence-electron chi connectivity index (χ4n) is 0.822. The number of hydrogen-bond donors (Lipinski definition) is 0. The molecule has 0 saturated carbocycles. The van der Waals surface area contributed by atoms with Gasteiger partial charge in [-0.15, -0.1) is 0 Å². The van der Waals surface area contributed by atoms with Gasteiger partial charge in [0.05, 0.1) is 10.6 Å². The molecule has 1 rings (SSSR count). The summed E-state index contributed by atoms with van der Waals surface area (Å²) in [6, 6.07) is 2.63. The lowest BCUT2D eigenvalue weighted by Crippen LogP contribution is -1.92. The lowest BCUT2D eigenvalue weighted by molar-refractivity contribution is 0.101. The normalized spacial score (nSPS) is 9.92. The van der Waals surface area contributed by atoms with E-state index in [0.29, 0.717) is 5.02 Å². The lowest BCUT2D eigenvalue weighted by atomic mass is 10.1. The van der Waals surface area contributed by atoms with Crippen molar-refractivity contribution >= 4 is 29.0 Å². The predicted octanol–water partition coefficient (Wildman–Crippen LogP) is 3.34. The molecule has 0 amide bonds. The predicted molar refractivity (Wildman–Crippen MR) is 46.6 cm³/mol. The Morgan fingerprint density at radius 2 is 1.92 bits per heavy atom. The smallest absolute Gasteiger partial charge is 0.208 e. The van der Waals surface area contributed by atoms with Crippen molar-refractivity contribution < 1.29 is 9.90 Å². The summed E-state index contributed by atoms with van der Waals surface area (Å²) in [5.41, 5.74) is 0.0347. The second-order valence-corrected chi connectivity index (χ2v) is 3.16. The van der Waals surface area contributed by atoms with Gasteiger partial charge in [-0.05, 0) is 19.1 Å². The van der Waals surface area contributed by atoms with Crippen LogP contribution >= 0.6 is 23.2 Å². The van der Waals surface area contributed by atoms with Crippen LogP contribution in [-0.2, 0) is 5.11 Å². The summed E-state index contributed by atoms with van der Waals surface area (Å²) in [4.78, 5) is 10.9. The van der Waals surface area contributed by atoms with Gasteiger partial charge in [0.25, 0.3) is 0 Å². The van der Waals surface area contributed by atoms with Crippen LogP contribution < -0.4 is 0 Å². The maximum atomic E-state index is 11.2. The van der Waals surface area contributed by atoms with Gasteiger partial charge in [-0.3, -0.25) is 9.90 Å². The number of ketones is 1. The Morgan fingerprint density at radius 1 is 1.33 bits per heavy atom. The van der Waals surface area contributed by atoms with E-state index in [1.807, 2.05) is 0 Å². The minimum absolute atomic E-state index is 0.0206. The summed E-state index contributed by atoms with van der Waals surface area (Å²) in [5, 5.41) is 11.4. The monoisotopic (exact) mass is 203 g/mol. The van der Waals surface area contributed by atoms with Crippen LogP contribution in [0.15, 0.2) is 12.1 Å². The zero-order chi connectivity index (χ0) is 9.30. The first-order valence-corrected chi connectivity index (χ1v) is 3.95. The maximum Gasteiger partial charge on any atom is 0.208 e. The van der Waals surface area contributed by atoms with E-state index in [2.05, 4.69) is 0 Å². The number of rotatable bonds is 1. The molecule has 0 aliphatic rings.